The van der Waals surface area contributed by atoms with Gasteiger partial charge in [0.1, 0.15) is 0 Å². The Bertz CT molecular complexity index is 1010. The largest absolute Gasteiger partial charge is 0.386 e. The summed E-state index contributed by atoms with van der Waals surface area (Å²) in [5.74, 6) is -2.50. The number of hydrogen-bond donors (Lipinski definition) is 2. The zero-order chi connectivity index (χ0) is 24.4. The Morgan fingerprint density at radius 3 is 2.25 bits per heavy atom. The molecule has 32 heavy (non-hydrogen) atoms. The van der Waals surface area contributed by atoms with Crippen molar-refractivity contribution in [2.45, 2.75) is 58.7 Å². The summed E-state index contributed by atoms with van der Waals surface area (Å²) >= 11 is 0. The van der Waals surface area contributed by atoms with E-state index in [4.69, 9.17) is 5.26 Å². The molecule has 0 radical (unpaired) electrons. The maximum atomic E-state index is 11.0. The second-order valence-corrected chi connectivity index (χ2v) is 8.15. The van der Waals surface area contributed by atoms with Gasteiger partial charge in [0.15, 0.2) is 0 Å². The molecule has 0 fully saturated rings. The number of fused-ring (bicyclic) bond motifs is 1. The van der Waals surface area contributed by atoms with Crippen molar-refractivity contribution in [3.8, 4) is 6.07 Å². The number of carbonyl (C=O) groups excluding carboxylic acids is 1. The fraction of sp³-hybridized carbons (Fsp3) is 0.375. The molecule has 8 heteroatoms. The molecule has 3 aromatic rings. The van der Waals surface area contributed by atoms with Crippen LogP contribution in [-0.4, -0.2) is 33.3 Å². The number of aliphatic hydroxyl groups is 1. The van der Waals surface area contributed by atoms with Crippen LogP contribution in [0.2, 0.25) is 0 Å². The van der Waals surface area contributed by atoms with E-state index in [2.05, 4.69) is 16.5 Å². The van der Waals surface area contributed by atoms with E-state index in [1.807, 2.05) is 48.0 Å². The first-order valence-electron chi connectivity index (χ1n) is 10.1. The van der Waals surface area contributed by atoms with E-state index in [0.717, 1.165) is 30.3 Å². The van der Waals surface area contributed by atoms with Gasteiger partial charge in [-0.25, -0.2) is 8.78 Å². The van der Waals surface area contributed by atoms with Crippen molar-refractivity contribution in [3.63, 3.8) is 0 Å². The lowest BCUT2D eigenvalue weighted by Crippen LogP contribution is -2.29. The van der Waals surface area contributed by atoms with Crippen molar-refractivity contribution in [2.24, 2.45) is 0 Å². The van der Waals surface area contributed by atoms with E-state index in [9.17, 15) is 18.7 Å². The first-order valence-corrected chi connectivity index (χ1v) is 10.1. The van der Waals surface area contributed by atoms with E-state index in [-0.39, 0.29) is 6.04 Å². The first-order chi connectivity index (χ1) is 14.8. The number of alkyl halides is 2. The van der Waals surface area contributed by atoms with Gasteiger partial charge in [0.2, 0.25) is 12.3 Å². The Kier molecular flexibility index (Phi) is 9.95. The molecule has 6 nitrogen and oxygen atoms in total. The summed E-state index contributed by atoms with van der Waals surface area (Å²) in [6.07, 6.45) is 2.41. The Balaban J connectivity index is 0.000000288. The number of halogens is 2. The Morgan fingerprint density at radius 1 is 1.19 bits per heavy atom. The topological polar surface area (TPSA) is 90.9 Å². The normalized spacial score (nSPS) is 11.8. The summed E-state index contributed by atoms with van der Waals surface area (Å²) in [5.41, 5.74) is 1.83. The number of aromatic nitrogens is 2. The number of nitrogens with zero attached hydrogens (tertiary/aromatic N) is 3. The molecule has 2 N–H and O–H groups in total. The lowest BCUT2D eigenvalue weighted by Gasteiger charge is -2.16. The molecule has 0 aliphatic heterocycles. The molecular formula is C24H30F2N4O2. The molecule has 0 aliphatic rings. The Labute approximate surface area is 187 Å². The highest BCUT2D eigenvalue weighted by Crippen LogP contribution is 2.18. The lowest BCUT2D eigenvalue weighted by atomic mass is 9.99. The monoisotopic (exact) mass is 444 g/mol. The van der Waals surface area contributed by atoms with Crippen LogP contribution in [-0.2, 0) is 16.9 Å². The summed E-state index contributed by atoms with van der Waals surface area (Å²) < 4.78 is 23.9. The number of benzene rings is 2. The number of nitriles is 1. The molecule has 1 aromatic heterocycles. The van der Waals surface area contributed by atoms with Gasteiger partial charge in [-0.3, -0.25) is 9.48 Å². The molecule has 0 spiro atoms. The van der Waals surface area contributed by atoms with E-state index in [1.54, 1.807) is 32.2 Å². The third-order valence-electron chi connectivity index (χ3n) is 4.05. The van der Waals surface area contributed by atoms with Gasteiger partial charge in [-0.1, -0.05) is 30.3 Å². The van der Waals surface area contributed by atoms with Crippen molar-refractivity contribution in [3.05, 3.63) is 65.9 Å². The quantitative estimate of drug-likeness (QED) is 0.562. The number of amides is 1. The summed E-state index contributed by atoms with van der Waals surface area (Å²) in [5, 5.41) is 26.1. The van der Waals surface area contributed by atoms with Crippen LogP contribution in [0.3, 0.4) is 0 Å². The van der Waals surface area contributed by atoms with Crippen LogP contribution in [0.1, 0.15) is 45.7 Å². The van der Waals surface area contributed by atoms with E-state index in [0.29, 0.717) is 18.5 Å². The van der Waals surface area contributed by atoms with Crippen molar-refractivity contribution < 1.29 is 18.7 Å². The average Bonchev–Trinajstić information content (AvgIpc) is 3.09. The molecule has 1 heterocycles. The minimum Gasteiger partial charge on any atom is -0.386 e. The van der Waals surface area contributed by atoms with E-state index in [1.165, 1.54) is 0 Å². The number of carbonyl (C=O) groups is 1. The highest BCUT2D eigenvalue weighted by Gasteiger charge is 2.13. The number of hydrogen-bond acceptors (Lipinski definition) is 4. The van der Waals surface area contributed by atoms with Gasteiger partial charge in [0.25, 0.3) is 0 Å². The van der Waals surface area contributed by atoms with Crippen molar-refractivity contribution >= 4 is 17.3 Å². The molecule has 1 amide bonds. The maximum absolute atomic E-state index is 11.0. The van der Waals surface area contributed by atoms with Crippen LogP contribution in [0.5, 0.6) is 0 Å². The summed E-state index contributed by atoms with van der Waals surface area (Å²) in [6.45, 7) is 7.78. The van der Waals surface area contributed by atoms with Crippen molar-refractivity contribution in [1.29, 1.82) is 5.26 Å². The van der Waals surface area contributed by atoms with Crippen LogP contribution < -0.4 is 5.32 Å². The first kappa shape index (κ1) is 26.7. The highest BCUT2D eigenvalue weighted by molar-refractivity contribution is 5.80. The molecule has 0 aliphatic carbocycles. The summed E-state index contributed by atoms with van der Waals surface area (Å²) in [6, 6.07) is 17.2. The predicted octanol–water partition coefficient (Wildman–Crippen LogP) is 4.62. The van der Waals surface area contributed by atoms with Gasteiger partial charge in [-0.15, -0.1) is 0 Å². The highest BCUT2D eigenvalue weighted by atomic mass is 19.3. The number of nitrogens with one attached hydrogen (secondary N) is 1. The van der Waals surface area contributed by atoms with Crippen LogP contribution in [0.15, 0.2) is 54.7 Å². The average molecular weight is 445 g/mol. The molecule has 2 aromatic carbocycles. The zero-order valence-corrected chi connectivity index (χ0v) is 19.0. The lowest BCUT2D eigenvalue weighted by molar-refractivity contribution is -0.110. The molecule has 1 unspecified atom stereocenters. The fourth-order valence-corrected chi connectivity index (χ4v) is 2.58. The third-order valence-corrected chi connectivity index (χ3v) is 4.05. The third kappa shape index (κ3) is 10.1. The Morgan fingerprint density at radius 2 is 1.78 bits per heavy atom. The van der Waals surface area contributed by atoms with Crippen LogP contribution >= 0.6 is 0 Å². The van der Waals surface area contributed by atoms with Crippen LogP contribution in [0.25, 0.3) is 10.9 Å². The second kappa shape index (κ2) is 11.9. The minimum atomic E-state index is -2.50. The SMILES string of the molecule is CC(C)(F)F.CC(C)(O)c1ccccc1.CC(Cn1ncc2cc(C#N)ccc21)NC=O. The van der Waals surface area contributed by atoms with Crippen molar-refractivity contribution in [2.75, 3.05) is 0 Å². The van der Waals surface area contributed by atoms with Gasteiger partial charge in [-0.05, 0) is 58.4 Å². The van der Waals surface area contributed by atoms with Gasteiger partial charge < -0.3 is 10.4 Å². The fourth-order valence-electron chi connectivity index (χ4n) is 2.58. The Hall–Kier alpha value is -3.31. The minimum absolute atomic E-state index is 0.0197. The zero-order valence-electron chi connectivity index (χ0n) is 19.0. The van der Waals surface area contributed by atoms with E-state index < -0.39 is 11.5 Å². The molecule has 172 valence electrons. The number of rotatable bonds is 5. The maximum Gasteiger partial charge on any atom is 0.242 e. The molecule has 0 saturated carbocycles. The molecule has 0 bridgehead atoms. The van der Waals surface area contributed by atoms with Crippen molar-refractivity contribution in [1.82, 2.24) is 15.1 Å². The predicted molar refractivity (Wildman–Crippen MR) is 121 cm³/mol. The standard InChI is InChI=1S/C12H12N4O.C9H12O.C3H6F2/c1-9(14-8-17)7-16-12-3-2-10(5-13)4-11(12)6-15-16;1-9(2,10)8-6-4-3-5-7-8;1-3(2,4)5/h2-4,6,8-9H,7H2,1H3,(H,14,17);3-7,10H,1-2H3;1-2H3. The van der Waals surface area contributed by atoms with Gasteiger partial charge in [0.05, 0.1) is 35.5 Å². The molecular weight excluding hydrogens is 414 g/mol. The van der Waals surface area contributed by atoms with Gasteiger partial charge in [-0.2, -0.15) is 10.4 Å². The smallest absolute Gasteiger partial charge is 0.242 e. The van der Waals surface area contributed by atoms with Gasteiger partial charge >= 0.3 is 0 Å². The molecule has 0 saturated heterocycles. The van der Waals surface area contributed by atoms with Gasteiger partial charge in [0, 0.05) is 11.4 Å². The van der Waals surface area contributed by atoms with Crippen LogP contribution in [0, 0.1) is 11.3 Å². The van der Waals surface area contributed by atoms with E-state index >= 15 is 0 Å². The van der Waals surface area contributed by atoms with Crippen LogP contribution in [0.4, 0.5) is 8.78 Å². The molecule has 3 rings (SSSR count). The molecule has 1 atom stereocenters. The second-order valence-electron chi connectivity index (χ2n) is 8.15. The summed E-state index contributed by atoms with van der Waals surface area (Å²) in [7, 11) is 0. The summed E-state index contributed by atoms with van der Waals surface area (Å²) in [4.78, 5) is 10.3.